The lowest BCUT2D eigenvalue weighted by Crippen LogP contribution is -2.29. The maximum atomic E-state index is 12.8. The number of nitrogens with zero attached hydrogens (tertiary/aromatic N) is 2. The third-order valence-corrected chi connectivity index (χ3v) is 6.69. The minimum atomic E-state index is -0.481. The van der Waals surface area contributed by atoms with Crippen molar-refractivity contribution < 1.29 is 23.9 Å². The van der Waals surface area contributed by atoms with Gasteiger partial charge in [-0.3, -0.25) is 19.2 Å². The van der Waals surface area contributed by atoms with E-state index in [4.69, 9.17) is 27.9 Å². The largest absolute Gasteiger partial charge is 0.457 e. The number of anilines is 2. The van der Waals surface area contributed by atoms with Gasteiger partial charge >= 0.3 is 0 Å². The summed E-state index contributed by atoms with van der Waals surface area (Å²) in [6.45, 7) is 0. The molecule has 0 radical (unpaired) electrons. The lowest BCUT2D eigenvalue weighted by Gasteiger charge is -2.16. The van der Waals surface area contributed by atoms with E-state index in [1.54, 1.807) is 72.8 Å². The van der Waals surface area contributed by atoms with Crippen molar-refractivity contribution in [2.75, 3.05) is 9.80 Å². The number of amides is 4. The molecule has 37 heavy (non-hydrogen) atoms. The normalized spacial score (nSPS) is 14.3. The first-order chi connectivity index (χ1) is 17.8. The second-order valence-corrected chi connectivity index (χ2v) is 9.18. The van der Waals surface area contributed by atoms with Crippen molar-refractivity contribution in [2.24, 2.45) is 0 Å². The maximum absolute atomic E-state index is 12.8. The zero-order valence-corrected chi connectivity index (χ0v) is 20.3. The van der Waals surface area contributed by atoms with Crippen molar-refractivity contribution in [1.82, 2.24) is 0 Å². The molecule has 0 spiro atoms. The number of fused-ring (bicyclic) bond motifs is 2. The summed E-state index contributed by atoms with van der Waals surface area (Å²) in [5.74, 6) is -0.866. The molecule has 0 fully saturated rings. The van der Waals surface area contributed by atoms with Gasteiger partial charge in [0.25, 0.3) is 23.6 Å². The van der Waals surface area contributed by atoms with Gasteiger partial charge in [-0.25, -0.2) is 9.80 Å². The first-order valence-electron chi connectivity index (χ1n) is 11.1. The molecule has 180 valence electrons. The van der Waals surface area contributed by atoms with E-state index in [0.717, 1.165) is 9.80 Å². The monoisotopic (exact) mass is 528 g/mol. The number of hydrogen-bond donors (Lipinski definition) is 0. The van der Waals surface area contributed by atoms with Gasteiger partial charge in [0.15, 0.2) is 0 Å². The Bertz CT molecular complexity index is 1650. The zero-order chi connectivity index (χ0) is 25.8. The minimum absolute atomic E-state index is 0.191. The van der Waals surface area contributed by atoms with Gasteiger partial charge in [-0.05, 0) is 78.9 Å². The third kappa shape index (κ3) is 3.67. The van der Waals surface area contributed by atoms with E-state index >= 15 is 0 Å². The molecule has 7 nitrogen and oxygen atoms in total. The lowest BCUT2D eigenvalue weighted by molar-refractivity contribution is 0.0910. The SMILES string of the molecule is O=C1c2ccc(Cl)cc2C(=O)N1c1ccc(Oc2ccc(N3C(=O)c4cccc(Cl)c4C3=O)cc2)cc1. The molecule has 0 saturated heterocycles. The molecule has 2 aliphatic heterocycles. The Labute approximate surface area is 220 Å². The van der Waals surface area contributed by atoms with Crippen molar-refractivity contribution in [3.05, 3.63) is 117 Å². The molecule has 0 bridgehead atoms. The third-order valence-electron chi connectivity index (χ3n) is 6.14. The van der Waals surface area contributed by atoms with Crippen LogP contribution in [-0.2, 0) is 0 Å². The van der Waals surface area contributed by atoms with Crippen molar-refractivity contribution in [3.8, 4) is 11.5 Å². The van der Waals surface area contributed by atoms with Crippen LogP contribution in [0, 0.1) is 0 Å². The molecular formula is C28H14Cl2N2O5. The second-order valence-electron chi connectivity index (χ2n) is 8.33. The van der Waals surface area contributed by atoms with Crippen LogP contribution < -0.4 is 14.5 Å². The highest BCUT2D eigenvalue weighted by Crippen LogP contribution is 2.35. The molecule has 2 aliphatic rings. The van der Waals surface area contributed by atoms with Crippen LogP contribution in [0.5, 0.6) is 11.5 Å². The number of imide groups is 2. The van der Waals surface area contributed by atoms with Gasteiger partial charge in [-0.1, -0.05) is 29.3 Å². The van der Waals surface area contributed by atoms with Crippen LogP contribution in [0.25, 0.3) is 0 Å². The van der Waals surface area contributed by atoms with Crippen LogP contribution in [0.4, 0.5) is 11.4 Å². The number of carbonyl (C=O) groups is 4. The van der Waals surface area contributed by atoms with Gasteiger partial charge in [0.05, 0.1) is 38.7 Å². The van der Waals surface area contributed by atoms with Crippen LogP contribution in [-0.4, -0.2) is 23.6 Å². The quantitative estimate of drug-likeness (QED) is 0.286. The summed E-state index contributed by atoms with van der Waals surface area (Å²) in [7, 11) is 0. The summed E-state index contributed by atoms with van der Waals surface area (Å²) < 4.78 is 5.86. The molecule has 2 heterocycles. The molecule has 0 aliphatic carbocycles. The fraction of sp³-hybridized carbons (Fsp3) is 0. The number of rotatable bonds is 4. The highest BCUT2D eigenvalue weighted by atomic mass is 35.5. The molecule has 4 amide bonds. The average Bonchev–Trinajstić information content (AvgIpc) is 3.30. The van der Waals surface area contributed by atoms with Crippen molar-refractivity contribution in [3.63, 3.8) is 0 Å². The molecule has 0 atom stereocenters. The van der Waals surface area contributed by atoms with Gasteiger partial charge in [-0.15, -0.1) is 0 Å². The van der Waals surface area contributed by atoms with Crippen LogP contribution in [0.1, 0.15) is 41.4 Å². The molecular weight excluding hydrogens is 515 g/mol. The van der Waals surface area contributed by atoms with Crippen LogP contribution >= 0.6 is 23.2 Å². The van der Waals surface area contributed by atoms with E-state index < -0.39 is 23.6 Å². The van der Waals surface area contributed by atoms with Crippen LogP contribution in [0.3, 0.4) is 0 Å². The van der Waals surface area contributed by atoms with Crippen molar-refractivity contribution in [1.29, 1.82) is 0 Å². The molecule has 4 aromatic rings. The minimum Gasteiger partial charge on any atom is -0.457 e. The second kappa shape index (κ2) is 8.58. The molecule has 0 saturated carbocycles. The standard InChI is InChI=1S/C28H14Cl2N2O5/c29-15-4-13-20-22(14-15)27(35)31(25(20)33)16-5-9-18(10-6-16)37-19-11-7-17(8-12-19)32-26(34)21-2-1-3-23(30)24(21)28(32)36/h1-14H. The van der Waals surface area contributed by atoms with Gasteiger partial charge in [-0.2, -0.15) is 0 Å². The average molecular weight is 529 g/mol. The number of ether oxygens (including phenoxy) is 1. The summed E-state index contributed by atoms with van der Waals surface area (Å²) in [4.78, 5) is 53.3. The summed E-state index contributed by atoms with van der Waals surface area (Å²) in [5.41, 5.74) is 1.80. The number of halogens is 2. The van der Waals surface area contributed by atoms with E-state index in [2.05, 4.69) is 0 Å². The zero-order valence-electron chi connectivity index (χ0n) is 18.8. The summed E-state index contributed by atoms with van der Waals surface area (Å²) in [6, 6.07) is 22.3. The Morgan fingerprint density at radius 1 is 0.541 bits per heavy atom. The summed E-state index contributed by atoms with van der Waals surface area (Å²) >= 11 is 12.1. The number of benzene rings is 4. The van der Waals surface area contributed by atoms with Crippen molar-refractivity contribution >= 4 is 58.2 Å². The first-order valence-corrected chi connectivity index (χ1v) is 11.8. The van der Waals surface area contributed by atoms with E-state index in [-0.39, 0.29) is 21.7 Å². The molecule has 4 aromatic carbocycles. The molecule has 0 aromatic heterocycles. The highest BCUT2D eigenvalue weighted by Gasteiger charge is 2.38. The van der Waals surface area contributed by atoms with Crippen molar-refractivity contribution in [2.45, 2.75) is 0 Å². The number of carbonyl (C=O) groups excluding carboxylic acids is 4. The Morgan fingerprint density at radius 2 is 1.08 bits per heavy atom. The maximum Gasteiger partial charge on any atom is 0.267 e. The predicted molar refractivity (Wildman–Crippen MR) is 138 cm³/mol. The Kier molecular flexibility index (Phi) is 5.33. The highest BCUT2D eigenvalue weighted by molar-refractivity contribution is 6.42. The first kappa shape index (κ1) is 23.0. The topological polar surface area (TPSA) is 84.0 Å². The number of hydrogen-bond acceptors (Lipinski definition) is 5. The van der Waals surface area contributed by atoms with Crippen LogP contribution in [0.2, 0.25) is 10.0 Å². The molecule has 9 heteroatoms. The fourth-order valence-electron chi connectivity index (χ4n) is 4.39. The fourth-order valence-corrected chi connectivity index (χ4v) is 4.82. The van der Waals surface area contributed by atoms with E-state index in [1.165, 1.54) is 12.1 Å². The molecule has 6 rings (SSSR count). The smallest absolute Gasteiger partial charge is 0.267 e. The Morgan fingerprint density at radius 3 is 1.68 bits per heavy atom. The van der Waals surface area contributed by atoms with E-state index in [9.17, 15) is 19.2 Å². The molecule has 0 unspecified atom stereocenters. The summed E-state index contributed by atoms with van der Waals surface area (Å²) in [6.07, 6.45) is 0. The Balaban J connectivity index is 1.18. The van der Waals surface area contributed by atoms with Gasteiger partial charge in [0, 0.05) is 5.02 Å². The van der Waals surface area contributed by atoms with Gasteiger partial charge in [0.1, 0.15) is 11.5 Å². The predicted octanol–water partition coefficient (Wildman–Crippen LogP) is 6.39. The molecule has 0 N–H and O–H groups in total. The van der Waals surface area contributed by atoms with Crippen LogP contribution in [0.15, 0.2) is 84.9 Å². The van der Waals surface area contributed by atoms with Gasteiger partial charge in [0.2, 0.25) is 0 Å². The summed E-state index contributed by atoms with van der Waals surface area (Å²) in [5, 5.41) is 0.607. The Hall–Kier alpha value is -4.46. The van der Waals surface area contributed by atoms with E-state index in [1.807, 2.05) is 0 Å². The van der Waals surface area contributed by atoms with Gasteiger partial charge < -0.3 is 4.74 Å². The lowest BCUT2D eigenvalue weighted by atomic mass is 10.1. The van der Waals surface area contributed by atoms with E-state index in [0.29, 0.717) is 33.5 Å².